The molecular formula is C15H14ClNO3. The number of ether oxygens (including phenoxy) is 2. The van der Waals surface area contributed by atoms with Crippen molar-refractivity contribution >= 4 is 17.6 Å². The van der Waals surface area contributed by atoms with Gasteiger partial charge in [0.05, 0.1) is 25.0 Å². The van der Waals surface area contributed by atoms with Crippen molar-refractivity contribution in [2.75, 3.05) is 13.7 Å². The summed E-state index contributed by atoms with van der Waals surface area (Å²) >= 11 is 6.03. The number of hydrogen-bond donors (Lipinski definition) is 0. The number of hydrogen-bond acceptors (Lipinski definition) is 4. The minimum atomic E-state index is -0.466. The summed E-state index contributed by atoms with van der Waals surface area (Å²) in [4.78, 5) is 15.9. The fourth-order valence-electron chi connectivity index (χ4n) is 1.72. The zero-order valence-corrected chi connectivity index (χ0v) is 12.0. The van der Waals surface area contributed by atoms with Gasteiger partial charge in [-0.05, 0) is 43.3 Å². The molecule has 0 saturated carbocycles. The molecule has 2 aromatic rings. The van der Waals surface area contributed by atoms with Crippen LogP contribution in [0.4, 0.5) is 0 Å². The first-order chi connectivity index (χ1) is 9.65. The van der Waals surface area contributed by atoms with Crippen LogP contribution in [0.25, 0.3) is 11.3 Å². The van der Waals surface area contributed by atoms with E-state index in [9.17, 15) is 4.79 Å². The van der Waals surface area contributed by atoms with E-state index in [-0.39, 0.29) is 10.7 Å². The standard InChI is InChI=1S/C15H14ClNO3/c1-3-20-15(18)12-8-9-13(17-14(12)16)10-4-6-11(19-2)7-5-10/h4-9H,3H2,1-2H3. The fourth-order valence-corrected chi connectivity index (χ4v) is 1.95. The Balaban J connectivity index is 2.30. The Morgan fingerprint density at radius 1 is 1.20 bits per heavy atom. The second-order valence-electron chi connectivity index (χ2n) is 3.98. The van der Waals surface area contributed by atoms with Crippen LogP contribution < -0.4 is 4.74 Å². The van der Waals surface area contributed by atoms with E-state index in [1.807, 2.05) is 24.3 Å². The fraction of sp³-hybridized carbons (Fsp3) is 0.200. The third-order valence-corrected chi connectivity index (χ3v) is 3.02. The summed E-state index contributed by atoms with van der Waals surface area (Å²) in [5.41, 5.74) is 1.85. The number of rotatable bonds is 4. The average Bonchev–Trinajstić information content (AvgIpc) is 2.47. The van der Waals surface area contributed by atoms with Crippen molar-refractivity contribution in [3.8, 4) is 17.0 Å². The van der Waals surface area contributed by atoms with Crippen molar-refractivity contribution in [3.05, 3.63) is 47.1 Å². The number of benzene rings is 1. The molecular weight excluding hydrogens is 278 g/mol. The van der Waals surface area contributed by atoms with Crippen LogP contribution in [0.2, 0.25) is 5.15 Å². The third kappa shape index (κ3) is 3.08. The molecule has 0 aliphatic carbocycles. The molecule has 2 rings (SSSR count). The van der Waals surface area contributed by atoms with Crippen LogP contribution in [0.1, 0.15) is 17.3 Å². The first-order valence-electron chi connectivity index (χ1n) is 6.13. The highest BCUT2D eigenvalue weighted by molar-refractivity contribution is 6.32. The van der Waals surface area contributed by atoms with E-state index in [0.29, 0.717) is 12.3 Å². The number of carbonyl (C=O) groups excluding carboxylic acids is 1. The minimum Gasteiger partial charge on any atom is -0.497 e. The molecule has 0 aliphatic rings. The highest BCUT2D eigenvalue weighted by Gasteiger charge is 2.13. The van der Waals surface area contributed by atoms with Crippen LogP contribution in [0.5, 0.6) is 5.75 Å². The lowest BCUT2D eigenvalue weighted by atomic mass is 10.1. The van der Waals surface area contributed by atoms with Gasteiger partial charge in [0, 0.05) is 5.56 Å². The van der Waals surface area contributed by atoms with Crippen LogP contribution in [0, 0.1) is 0 Å². The summed E-state index contributed by atoms with van der Waals surface area (Å²) < 4.78 is 10.0. The van der Waals surface area contributed by atoms with Crippen molar-refractivity contribution in [2.24, 2.45) is 0 Å². The summed E-state index contributed by atoms with van der Waals surface area (Å²) in [6.45, 7) is 2.04. The van der Waals surface area contributed by atoms with Crippen LogP contribution >= 0.6 is 11.6 Å². The number of pyridine rings is 1. The molecule has 0 saturated heterocycles. The predicted molar refractivity (Wildman–Crippen MR) is 77.2 cm³/mol. The molecule has 0 radical (unpaired) electrons. The second kappa shape index (κ2) is 6.39. The Hall–Kier alpha value is -2.07. The van der Waals surface area contributed by atoms with Crippen molar-refractivity contribution in [1.29, 1.82) is 0 Å². The van der Waals surface area contributed by atoms with Gasteiger partial charge < -0.3 is 9.47 Å². The maximum Gasteiger partial charge on any atom is 0.341 e. The Bertz CT molecular complexity index is 611. The Labute approximate surface area is 122 Å². The van der Waals surface area contributed by atoms with Crippen molar-refractivity contribution < 1.29 is 14.3 Å². The van der Waals surface area contributed by atoms with Crippen LogP contribution in [0.3, 0.4) is 0 Å². The molecule has 1 aromatic carbocycles. The van der Waals surface area contributed by atoms with Gasteiger partial charge in [-0.3, -0.25) is 0 Å². The lowest BCUT2D eigenvalue weighted by molar-refractivity contribution is 0.0526. The second-order valence-corrected chi connectivity index (χ2v) is 4.34. The van der Waals surface area contributed by atoms with Gasteiger partial charge in [0.25, 0.3) is 0 Å². The molecule has 1 aromatic heterocycles. The summed E-state index contributed by atoms with van der Waals surface area (Å²) in [6.07, 6.45) is 0. The maximum absolute atomic E-state index is 11.6. The summed E-state index contributed by atoms with van der Waals surface area (Å²) in [7, 11) is 1.61. The number of aromatic nitrogens is 1. The van der Waals surface area contributed by atoms with E-state index in [0.717, 1.165) is 11.3 Å². The smallest absolute Gasteiger partial charge is 0.341 e. The summed E-state index contributed by atoms with van der Waals surface area (Å²) in [6, 6.07) is 10.8. The Morgan fingerprint density at radius 2 is 1.90 bits per heavy atom. The number of halogens is 1. The average molecular weight is 292 g/mol. The maximum atomic E-state index is 11.6. The molecule has 0 aliphatic heterocycles. The van der Waals surface area contributed by atoms with E-state index in [4.69, 9.17) is 21.1 Å². The highest BCUT2D eigenvalue weighted by Crippen LogP contribution is 2.24. The lowest BCUT2D eigenvalue weighted by Crippen LogP contribution is -2.06. The largest absolute Gasteiger partial charge is 0.497 e. The molecule has 0 atom stereocenters. The van der Waals surface area contributed by atoms with Gasteiger partial charge >= 0.3 is 5.97 Å². The third-order valence-electron chi connectivity index (χ3n) is 2.73. The monoisotopic (exact) mass is 291 g/mol. The number of methoxy groups -OCH3 is 1. The van der Waals surface area contributed by atoms with E-state index in [1.165, 1.54) is 0 Å². The zero-order chi connectivity index (χ0) is 14.5. The van der Waals surface area contributed by atoms with Crippen molar-refractivity contribution in [2.45, 2.75) is 6.92 Å². The van der Waals surface area contributed by atoms with Gasteiger partial charge in [0.1, 0.15) is 10.9 Å². The number of nitrogens with zero attached hydrogens (tertiary/aromatic N) is 1. The van der Waals surface area contributed by atoms with Crippen molar-refractivity contribution in [1.82, 2.24) is 4.98 Å². The molecule has 0 unspecified atom stereocenters. The first-order valence-corrected chi connectivity index (χ1v) is 6.51. The van der Waals surface area contributed by atoms with Crippen molar-refractivity contribution in [3.63, 3.8) is 0 Å². The number of esters is 1. The minimum absolute atomic E-state index is 0.136. The molecule has 0 spiro atoms. The quantitative estimate of drug-likeness (QED) is 0.638. The molecule has 20 heavy (non-hydrogen) atoms. The molecule has 0 N–H and O–H groups in total. The van der Waals surface area contributed by atoms with Gasteiger partial charge in [-0.2, -0.15) is 0 Å². The molecule has 0 amide bonds. The van der Waals surface area contributed by atoms with Gasteiger partial charge in [0.15, 0.2) is 0 Å². The first kappa shape index (κ1) is 14.3. The summed E-state index contributed by atoms with van der Waals surface area (Å²) in [5.74, 6) is 0.300. The topological polar surface area (TPSA) is 48.4 Å². The predicted octanol–water partition coefficient (Wildman–Crippen LogP) is 3.59. The summed E-state index contributed by atoms with van der Waals surface area (Å²) in [5, 5.41) is 0.136. The Kier molecular flexibility index (Phi) is 4.58. The highest BCUT2D eigenvalue weighted by atomic mass is 35.5. The zero-order valence-electron chi connectivity index (χ0n) is 11.2. The lowest BCUT2D eigenvalue weighted by Gasteiger charge is -2.07. The van der Waals surface area contributed by atoms with Gasteiger partial charge in [0.2, 0.25) is 0 Å². The number of carbonyl (C=O) groups is 1. The molecule has 0 bridgehead atoms. The van der Waals surface area contributed by atoms with Crippen LogP contribution in [0.15, 0.2) is 36.4 Å². The molecule has 1 heterocycles. The molecule has 5 heteroatoms. The van der Waals surface area contributed by atoms with E-state index >= 15 is 0 Å². The van der Waals surface area contributed by atoms with Crippen LogP contribution in [-0.4, -0.2) is 24.7 Å². The molecule has 104 valence electrons. The van der Waals surface area contributed by atoms with Crippen LogP contribution in [-0.2, 0) is 4.74 Å². The van der Waals surface area contributed by atoms with Gasteiger partial charge in [-0.1, -0.05) is 11.6 Å². The van der Waals surface area contributed by atoms with Gasteiger partial charge in [-0.25, -0.2) is 9.78 Å². The van der Waals surface area contributed by atoms with E-state index in [2.05, 4.69) is 4.98 Å². The normalized spacial score (nSPS) is 10.2. The van der Waals surface area contributed by atoms with E-state index in [1.54, 1.807) is 26.2 Å². The molecule has 0 fully saturated rings. The molecule has 4 nitrogen and oxygen atoms in total. The Morgan fingerprint density at radius 3 is 2.45 bits per heavy atom. The SMILES string of the molecule is CCOC(=O)c1ccc(-c2ccc(OC)cc2)nc1Cl. The van der Waals surface area contributed by atoms with Gasteiger partial charge in [-0.15, -0.1) is 0 Å². The van der Waals surface area contributed by atoms with E-state index < -0.39 is 5.97 Å².